The summed E-state index contributed by atoms with van der Waals surface area (Å²) in [5, 5.41) is 13.5. The van der Waals surface area contributed by atoms with Crippen LogP contribution in [0.1, 0.15) is 41.5 Å². The van der Waals surface area contributed by atoms with Crippen LogP contribution in [-0.4, -0.2) is 37.7 Å². The maximum absolute atomic E-state index is 12.3. The van der Waals surface area contributed by atoms with Gasteiger partial charge >= 0.3 is 0 Å². The second-order valence-electron chi connectivity index (χ2n) is 5.74. The molecule has 0 spiro atoms. The zero-order chi connectivity index (χ0) is 15.5. The van der Waals surface area contributed by atoms with Crippen LogP contribution in [0, 0.1) is 6.92 Å². The topological polar surface area (TPSA) is 80.0 Å². The predicted molar refractivity (Wildman–Crippen MR) is 81.4 cm³/mol. The first kappa shape index (κ1) is 14.7. The number of carbonyl (C=O) groups excluding carboxylic acids is 1. The van der Waals surface area contributed by atoms with Gasteiger partial charge in [-0.2, -0.15) is 0 Å². The van der Waals surface area contributed by atoms with Gasteiger partial charge in [-0.15, -0.1) is 0 Å². The maximum atomic E-state index is 12.3. The Morgan fingerprint density at radius 3 is 3.00 bits per heavy atom. The number of aromatic nitrogens is 3. The molecular weight excluding hydrogens is 280 g/mol. The van der Waals surface area contributed by atoms with Gasteiger partial charge in [-0.3, -0.25) is 4.79 Å². The minimum absolute atomic E-state index is 0.0491. The summed E-state index contributed by atoms with van der Waals surface area (Å²) in [7, 11) is 0. The number of aryl methyl sites for hydroxylation is 1. The number of amides is 1. The van der Waals surface area contributed by atoms with Gasteiger partial charge in [0.2, 0.25) is 0 Å². The van der Waals surface area contributed by atoms with Crippen LogP contribution in [0.15, 0.2) is 36.9 Å². The summed E-state index contributed by atoms with van der Waals surface area (Å²) in [5.41, 5.74) is 1.19. The Kier molecular flexibility index (Phi) is 4.20. The monoisotopic (exact) mass is 300 g/mol. The second kappa shape index (κ2) is 6.27. The Balaban J connectivity index is 1.70. The summed E-state index contributed by atoms with van der Waals surface area (Å²) in [6, 6.07) is 5.03. The summed E-state index contributed by atoms with van der Waals surface area (Å²) in [6.07, 6.45) is 7.23. The highest BCUT2D eigenvalue weighted by molar-refractivity contribution is 5.92. The lowest BCUT2D eigenvalue weighted by Gasteiger charge is -2.35. The van der Waals surface area contributed by atoms with E-state index in [1.807, 2.05) is 29.8 Å². The third kappa shape index (κ3) is 3.01. The average molecular weight is 300 g/mol. The highest BCUT2D eigenvalue weighted by atomic mass is 16.3. The van der Waals surface area contributed by atoms with Crippen molar-refractivity contribution in [1.82, 2.24) is 19.9 Å². The van der Waals surface area contributed by atoms with Gasteiger partial charge in [0, 0.05) is 18.1 Å². The third-order valence-corrected chi connectivity index (χ3v) is 4.17. The molecule has 0 aromatic carbocycles. The Hall–Kier alpha value is -2.21. The third-order valence-electron chi connectivity index (χ3n) is 4.17. The van der Waals surface area contributed by atoms with Gasteiger partial charge in [0.1, 0.15) is 5.69 Å². The van der Waals surface area contributed by atoms with Crippen molar-refractivity contribution in [2.24, 2.45) is 0 Å². The van der Waals surface area contributed by atoms with Crippen molar-refractivity contribution in [3.05, 3.63) is 48.3 Å². The molecule has 6 nitrogen and oxygen atoms in total. The van der Waals surface area contributed by atoms with Crippen LogP contribution in [0.2, 0.25) is 0 Å². The Morgan fingerprint density at radius 2 is 2.27 bits per heavy atom. The molecule has 6 heteroatoms. The first-order valence-corrected chi connectivity index (χ1v) is 7.55. The Labute approximate surface area is 129 Å². The van der Waals surface area contributed by atoms with Crippen LogP contribution in [-0.2, 0) is 0 Å². The molecule has 2 aromatic heterocycles. The van der Waals surface area contributed by atoms with Crippen LogP contribution in [0.25, 0.3) is 0 Å². The van der Waals surface area contributed by atoms with Gasteiger partial charge in [0.25, 0.3) is 5.91 Å². The fraction of sp³-hybridized carbons (Fsp3) is 0.438. The van der Waals surface area contributed by atoms with Crippen LogP contribution >= 0.6 is 0 Å². The highest BCUT2D eigenvalue weighted by Crippen LogP contribution is 2.29. The van der Waals surface area contributed by atoms with Gasteiger partial charge in [-0.05, 0) is 38.3 Å². The standard InChI is InChI=1S/C16H20N4O2/c1-11-4-2-6-13(18-11)16(22)19-12-5-3-7-14(15(12)21)20-9-8-17-10-20/h2,4,6,8-10,12,14-15,21H,3,5,7H2,1H3,(H,19,22)/t12-,14-,15-/m1/s1. The van der Waals surface area contributed by atoms with Crippen molar-refractivity contribution in [2.75, 3.05) is 0 Å². The van der Waals surface area contributed by atoms with Gasteiger partial charge in [-0.25, -0.2) is 9.97 Å². The lowest BCUT2D eigenvalue weighted by atomic mass is 9.88. The molecule has 2 N–H and O–H groups in total. The first-order valence-electron chi connectivity index (χ1n) is 7.55. The largest absolute Gasteiger partial charge is 0.389 e. The van der Waals surface area contributed by atoms with E-state index in [0.717, 1.165) is 25.0 Å². The van der Waals surface area contributed by atoms with Crippen LogP contribution in [0.4, 0.5) is 0 Å². The van der Waals surface area contributed by atoms with Crippen molar-refractivity contribution in [3.63, 3.8) is 0 Å². The molecule has 1 aliphatic carbocycles. The first-order chi connectivity index (χ1) is 10.6. The van der Waals surface area contributed by atoms with Crippen molar-refractivity contribution >= 4 is 5.91 Å². The minimum atomic E-state index is -0.628. The Morgan fingerprint density at radius 1 is 1.41 bits per heavy atom. The number of pyridine rings is 1. The smallest absolute Gasteiger partial charge is 0.270 e. The van der Waals surface area contributed by atoms with E-state index >= 15 is 0 Å². The number of hydrogen-bond donors (Lipinski definition) is 2. The molecule has 22 heavy (non-hydrogen) atoms. The summed E-state index contributed by atoms with van der Waals surface area (Å²) < 4.78 is 1.91. The molecule has 3 atom stereocenters. The molecule has 2 aromatic rings. The number of aliphatic hydroxyl groups excluding tert-OH is 1. The zero-order valence-electron chi connectivity index (χ0n) is 12.5. The van der Waals surface area contributed by atoms with E-state index in [0.29, 0.717) is 5.69 Å². The molecule has 0 aliphatic heterocycles. The molecular formula is C16H20N4O2. The SMILES string of the molecule is Cc1cccc(C(=O)N[C@@H]2CCC[C@@H](n3ccnc3)[C@@H]2O)n1. The number of hydrogen-bond acceptors (Lipinski definition) is 4. The van der Waals surface area contributed by atoms with E-state index in [-0.39, 0.29) is 18.0 Å². The summed E-state index contributed by atoms with van der Waals surface area (Å²) in [6.45, 7) is 1.85. The van der Waals surface area contributed by atoms with Crippen molar-refractivity contribution in [1.29, 1.82) is 0 Å². The number of imidazole rings is 1. The molecule has 0 radical (unpaired) electrons. The van der Waals surface area contributed by atoms with Crippen LogP contribution in [0.3, 0.4) is 0 Å². The minimum Gasteiger partial charge on any atom is -0.389 e. The van der Waals surface area contributed by atoms with Crippen LogP contribution < -0.4 is 5.32 Å². The molecule has 0 bridgehead atoms. The molecule has 1 amide bonds. The van der Waals surface area contributed by atoms with E-state index in [4.69, 9.17) is 0 Å². The highest BCUT2D eigenvalue weighted by Gasteiger charge is 2.33. The lowest BCUT2D eigenvalue weighted by Crippen LogP contribution is -2.49. The molecule has 1 aliphatic rings. The number of nitrogens with one attached hydrogen (secondary N) is 1. The van der Waals surface area contributed by atoms with Crippen molar-refractivity contribution < 1.29 is 9.90 Å². The number of nitrogens with zero attached hydrogens (tertiary/aromatic N) is 3. The molecule has 3 rings (SSSR count). The molecule has 1 saturated carbocycles. The van der Waals surface area contributed by atoms with Gasteiger partial charge in [-0.1, -0.05) is 6.07 Å². The quantitative estimate of drug-likeness (QED) is 0.899. The average Bonchev–Trinajstić information content (AvgIpc) is 3.03. The predicted octanol–water partition coefficient (Wildman–Crippen LogP) is 1.47. The number of aliphatic hydroxyl groups is 1. The van der Waals surface area contributed by atoms with E-state index < -0.39 is 6.10 Å². The second-order valence-corrected chi connectivity index (χ2v) is 5.74. The zero-order valence-corrected chi connectivity index (χ0v) is 12.5. The van der Waals surface area contributed by atoms with Crippen molar-refractivity contribution in [2.45, 2.75) is 44.4 Å². The van der Waals surface area contributed by atoms with Gasteiger partial charge < -0.3 is 15.0 Å². The fourth-order valence-electron chi connectivity index (χ4n) is 3.02. The van der Waals surface area contributed by atoms with E-state index in [1.54, 1.807) is 18.6 Å². The van der Waals surface area contributed by atoms with Gasteiger partial charge in [0.15, 0.2) is 0 Å². The summed E-state index contributed by atoms with van der Waals surface area (Å²) in [4.78, 5) is 20.6. The maximum Gasteiger partial charge on any atom is 0.270 e. The van der Waals surface area contributed by atoms with E-state index in [1.165, 1.54) is 0 Å². The van der Waals surface area contributed by atoms with Crippen LogP contribution in [0.5, 0.6) is 0 Å². The number of carbonyl (C=O) groups is 1. The van der Waals surface area contributed by atoms with Crippen molar-refractivity contribution in [3.8, 4) is 0 Å². The van der Waals surface area contributed by atoms with E-state index in [9.17, 15) is 9.90 Å². The molecule has 2 heterocycles. The van der Waals surface area contributed by atoms with Gasteiger partial charge in [0.05, 0.1) is 24.5 Å². The molecule has 0 saturated heterocycles. The molecule has 0 unspecified atom stereocenters. The molecule has 1 fully saturated rings. The number of rotatable bonds is 3. The Bertz CT molecular complexity index is 641. The summed E-state index contributed by atoms with van der Waals surface area (Å²) in [5.74, 6) is -0.237. The summed E-state index contributed by atoms with van der Waals surface area (Å²) >= 11 is 0. The normalized spacial score (nSPS) is 24.9. The molecule has 116 valence electrons. The lowest BCUT2D eigenvalue weighted by molar-refractivity contribution is 0.0397. The fourth-order valence-corrected chi connectivity index (χ4v) is 3.02. The van der Waals surface area contributed by atoms with E-state index in [2.05, 4.69) is 15.3 Å².